The van der Waals surface area contributed by atoms with E-state index in [9.17, 15) is 13.2 Å². The summed E-state index contributed by atoms with van der Waals surface area (Å²) in [4.78, 5) is 13.7. The number of primary sulfonamides is 1. The molecule has 114 valence electrons. The molecule has 0 aliphatic rings. The lowest BCUT2D eigenvalue weighted by atomic mass is 9.99. The quantitative estimate of drug-likeness (QED) is 0.841. The molecule has 0 atom stereocenters. The van der Waals surface area contributed by atoms with Crippen LogP contribution in [0.1, 0.15) is 50.3 Å². The van der Waals surface area contributed by atoms with Crippen LogP contribution in [0.5, 0.6) is 0 Å². The number of rotatable bonds is 5. The van der Waals surface area contributed by atoms with Gasteiger partial charge in [-0.1, -0.05) is 13.8 Å². The Labute approximate surface area is 119 Å². The van der Waals surface area contributed by atoms with E-state index in [0.29, 0.717) is 12.1 Å². The summed E-state index contributed by atoms with van der Waals surface area (Å²) >= 11 is 0. The molecule has 0 saturated carbocycles. The van der Waals surface area contributed by atoms with Crippen LogP contribution in [-0.2, 0) is 16.4 Å². The molecule has 8 heteroatoms. The van der Waals surface area contributed by atoms with E-state index in [1.54, 1.807) is 14.0 Å². The molecule has 3 N–H and O–H groups in total. The summed E-state index contributed by atoms with van der Waals surface area (Å²) in [5.41, 5.74) is -0.204. The average Bonchev–Trinajstić information content (AvgIpc) is 2.80. The largest absolute Gasteiger partial charge is 0.335 e. The Kier molecular flexibility index (Phi) is 4.60. The minimum atomic E-state index is -4.00. The molecule has 20 heavy (non-hydrogen) atoms. The number of nitrogens with zero attached hydrogens (tertiary/aromatic N) is 2. The molecule has 7 nitrogen and oxygen atoms in total. The topological polar surface area (TPSA) is 109 Å². The number of sulfonamides is 1. The van der Waals surface area contributed by atoms with Crippen LogP contribution in [0.25, 0.3) is 0 Å². The van der Waals surface area contributed by atoms with Crippen LogP contribution in [0.4, 0.5) is 0 Å². The highest BCUT2D eigenvalue weighted by molar-refractivity contribution is 7.89. The molecule has 0 spiro atoms. The minimum absolute atomic E-state index is 0.145. The molecule has 1 aromatic heterocycles. The van der Waals surface area contributed by atoms with E-state index in [1.165, 1.54) is 4.90 Å². The molecular weight excluding hydrogens is 280 g/mol. The highest BCUT2D eigenvalue weighted by Gasteiger charge is 2.33. The number of amides is 1. The fourth-order valence-corrected chi connectivity index (χ4v) is 2.67. The molecule has 0 fully saturated rings. The van der Waals surface area contributed by atoms with Gasteiger partial charge in [-0.3, -0.25) is 9.89 Å². The lowest BCUT2D eigenvalue weighted by Crippen LogP contribution is -2.45. The van der Waals surface area contributed by atoms with Crippen LogP contribution < -0.4 is 5.14 Å². The van der Waals surface area contributed by atoms with Gasteiger partial charge in [-0.2, -0.15) is 5.10 Å². The Bertz CT molecular complexity index is 604. The Morgan fingerprint density at radius 2 is 1.95 bits per heavy atom. The van der Waals surface area contributed by atoms with E-state index < -0.39 is 21.5 Å². The second-order valence-electron chi connectivity index (χ2n) is 5.31. The van der Waals surface area contributed by atoms with Gasteiger partial charge < -0.3 is 4.90 Å². The first-order chi connectivity index (χ1) is 9.06. The van der Waals surface area contributed by atoms with Crippen molar-refractivity contribution in [1.82, 2.24) is 15.1 Å². The fourth-order valence-electron chi connectivity index (χ4n) is 1.73. The van der Waals surface area contributed by atoms with E-state index in [2.05, 4.69) is 10.2 Å². The van der Waals surface area contributed by atoms with Crippen molar-refractivity contribution >= 4 is 15.9 Å². The van der Waals surface area contributed by atoms with Crippen LogP contribution in [0.2, 0.25) is 0 Å². The van der Waals surface area contributed by atoms with E-state index in [1.807, 2.05) is 20.8 Å². The summed E-state index contributed by atoms with van der Waals surface area (Å²) in [5.74, 6) is -0.461. The van der Waals surface area contributed by atoms with E-state index in [4.69, 9.17) is 5.14 Å². The Morgan fingerprint density at radius 1 is 1.40 bits per heavy atom. The van der Waals surface area contributed by atoms with Gasteiger partial charge in [0.15, 0.2) is 5.69 Å². The van der Waals surface area contributed by atoms with Crippen molar-refractivity contribution < 1.29 is 13.2 Å². The second kappa shape index (κ2) is 5.53. The Balaban J connectivity index is 3.35. The smallest absolute Gasteiger partial charge is 0.275 e. The monoisotopic (exact) mass is 302 g/mol. The van der Waals surface area contributed by atoms with Crippen molar-refractivity contribution in [3.8, 4) is 0 Å². The third kappa shape index (κ3) is 3.01. The molecule has 0 bridgehead atoms. The third-order valence-corrected chi connectivity index (χ3v) is 4.72. The summed E-state index contributed by atoms with van der Waals surface area (Å²) in [5, 5.41) is 11.6. The standard InChI is InChI=1S/C12H22N4O3S/c1-6-8-10(20(13,18)19)9(15-14-8)11(17)16(5)12(3,4)7-2/h6-7H2,1-5H3,(H,14,15)(H2,13,18,19). The highest BCUT2D eigenvalue weighted by atomic mass is 32.2. The lowest BCUT2D eigenvalue weighted by molar-refractivity contribution is 0.0610. The molecule has 0 aromatic carbocycles. The number of hydrogen-bond donors (Lipinski definition) is 2. The minimum Gasteiger partial charge on any atom is -0.335 e. The van der Waals surface area contributed by atoms with Crippen LogP contribution in [0.3, 0.4) is 0 Å². The average molecular weight is 302 g/mol. The summed E-state index contributed by atoms with van der Waals surface area (Å²) in [6, 6.07) is 0. The van der Waals surface area contributed by atoms with Crippen LogP contribution in [0, 0.1) is 0 Å². The third-order valence-electron chi connectivity index (χ3n) is 3.71. The van der Waals surface area contributed by atoms with Crippen molar-refractivity contribution in [1.29, 1.82) is 0 Å². The molecule has 0 aliphatic heterocycles. The maximum Gasteiger partial charge on any atom is 0.275 e. The first-order valence-electron chi connectivity index (χ1n) is 6.44. The lowest BCUT2D eigenvalue weighted by Gasteiger charge is -2.34. The number of hydrogen-bond acceptors (Lipinski definition) is 4. The molecule has 1 amide bonds. The van der Waals surface area contributed by atoms with Gasteiger partial charge >= 0.3 is 0 Å². The van der Waals surface area contributed by atoms with Crippen LogP contribution in [0.15, 0.2) is 4.90 Å². The molecule has 0 radical (unpaired) electrons. The fraction of sp³-hybridized carbons (Fsp3) is 0.667. The predicted molar refractivity (Wildman–Crippen MR) is 75.8 cm³/mol. The maximum atomic E-state index is 12.5. The molecule has 0 aliphatic carbocycles. The summed E-state index contributed by atoms with van der Waals surface area (Å²) in [6.45, 7) is 7.51. The zero-order chi connectivity index (χ0) is 15.7. The molecule has 0 unspecified atom stereocenters. The molecule has 1 rings (SSSR count). The molecule has 1 heterocycles. The summed E-state index contributed by atoms with van der Waals surface area (Å²) in [6.07, 6.45) is 1.12. The van der Waals surface area contributed by atoms with Gasteiger partial charge in [-0.25, -0.2) is 13.6 Å². The second-order valence-corrected chi connectivity index (χ2v) is 6.81. The number of nitrogens with two attached hydrogens (primary N) is 1. The summed E-state index contributed by atoms with van der Waals surface area (Å²) < 4.78 is 23.4. The summed E-state index contributed by atoms with van der Waals surface area (Å²) in [7, 11) is -2.38. The van der Waals surface area contributed by atoms with E-state index in [0.717, 1.165) is 6.42 Å². The zero-order valence-electron chi connectivity index (χ0n) is 12.5. The van der Waals surface area contributed by atoms with Gasteiger partial charge in [0.25, 0.3) is 5.91 Å². The van der Waals surface area contributed by atoms with Crippen molar-refractivity contribution in [3.63, 3.8) is 0 Å². The zero-order valence-corrected chi connectivity index (χ0v) is 13.3. The highest BCUT2D eigenvalue weighted by Crippen LogP contribution is 2.23. The number of aromatic nitrogens is 2. The van der Waals surface area contributed by atoms with Gasteiger partial charge in [0, 0.05) is 12.6 Å². The van der Waals surface area contributed by atoms with Crippen LogP contribution in [-0.4, -0.2) is 42.0 Å². The molecule has 1 aromatic rings. The van der Waals surface area contributed by atoms with Crippen molar-refractivity contribution in [2.75, 3.05) is 7.05 Å². The van der Waals surface area contributed by atoms with Gasteiger partial charge in [0.1, 0.15) is 4.90 Å². The van der Waals surface area contributed by atoms with Crippen LogP contribution >= 0.6 is 0 Å². The maximum absolute atomic E-state index is 12.5. The van der Waals surface area contributed by atoms with Crippen molar-refractivity contribution in [2.24, 2.45) is 5.14 Å². The van der Waals surface area contributed by atoms with E-state index in [-0.39, 0.29) is 10.6 Å². The number of carbonyl (C=O) groups is 1. The number of aromatic amines is 1. The van der Waals surface area contributed by atoms with Crippen molar-refractivity contribution in [3.05, 3.63) is 11.4 Å². The number of aryl methyl sites for hydroxylation is 1. The van der Waals surface area contributed by atoms with Crippen molar-refractivity contribution in [2.45, 2.75) is 51.0 Å². The number of H-pyrrole nitrogens is 1. The predicted octanol–water partition coefficient (Wildman–Crippen LogP) is 0.880. The van der Waals surface area contributed by atoms with Gasteiger partial charge in [0.2, 0.25) is 10.0 Å². The molecular formula is C12H22N4O3S. The number of nitrogens with one attached hydrogen (secondary N) is 1. The van der Waals surface area contributed by atoms with Gasteiger partial charge in [-0.15, -0.1) is 0 Å². The van der Waals surface area contributed by atoms with Gasteiger partial charge in [0.05, 0.1) is 5.69 Å². The Hall–Kier alpha value is -1.41. The first kappa shape index (κ1) is 16.6. The van der Waals surface area contributed by atoms with E-state index >= 15 is 0 Å². The number of carbonyl (C=O) groups excluding carboxylic acids is 1. The SMILES string of the molecule is CCc1[nH]nc(C(=O)N(C)C(C)(C)CC)c1S(N)(=O)=O. The molecule has 0 saturated heterocycles. The van der Waals surface area contributed by atoms with Gasteiger partial charge in [-0.05, 0) is 26.7 Å². The first-order valence-corrected chi connectivity index (χ1v) is 7.99. The Morgan fingerprint density at radius 3 is 2.35 bits per heavy atom. The normalized spacial score (nSPS) is 12.5.